The van der Waals surface area contributed by atoms with Gasteiger partial charge in [0.05, 0.1) is 11.9 Å². The average molecular weight is 486 g/mol. The maximum absolute atomic E-state index is 11.7. The Bertz CT molecular complexity index is 1130. The Labute approximate surface area is 206 Å². The predicted octanol–water partition coefficient (Wildman–Crippen LogP) is 7.39. The van der Waals surface area contributed by atoms with Gasteiger partial charge >= 0.3 is 5.97 Å². The lowest BCUT2D eigenvalue weighted by Crippen LogP contribution is -2.15. The third-order valence-electron chi connectivity index (χ3n) is 6.35. The molecule has 0 saturated carbocycles. The van der Waals surface area contributed by atoms with E-state index < -0.39 is 5.97 Å². The molecule has 0 amide bonds. The van der Waals surface area contributed by atoms with Crippen molar-refractivity contribution >= 4 is 28.6 Å². The number of benzene rings is 2. The number of phenols is 1. The van der Waals surface area contributed by atoms with Crippen LogP contribution in [-0.4, -0.2) is 31.2 Å². The molecule has 0 aliphatic rings. The number of rotatable bonds is 11. The van der Waals surface area contributed by atoms with Gasteiger partial charge in [0, 0.05) is 10.6 Å². The molecular weight excluding hydrogens is 450 g/mol. The average Bonchev–Trinajstić information content (AvgIpc) is 3.17. The first kappa shape index (κ1) is 26.0. The summed E-state index contributed by atoms with van der Waals surface area (Å²) < 4.78 is 1.61. The maximum atomic E-state index is 11.7. The molecule has 0 spiro atoms. The number of nitrogens with zero attached hydrogens (tertiary/aromatic N) is 3. The lowest BCUT2D eigenvalue weighted by atomic mass is 9.81. The molecule has 34 heavy (non-hydrogen) atoms. The Morgan fingerprint density at radius 3 is 2.47 bits per heavy atom. The van der Waals surface area contributed by atoms with Gasteiger partial charge in [-0.15, -0.1) is 5.10 Å². The van der Waals surface area contributed by atoms with Gasteiger partial charge in [-0.2, -0.15) is 0 Å². The number of halogens is 1. The van der Waals surface area contributed by atoms with Crippen molar-refractivity contribution in [2.45, 2.75) is 90.4 Å². The molecule has 0 radical (unpaired) electrons. The minimum absolute atomic E-state index is 0.0521. The van der Waals surface area contributed by atoms with E-state index in [9.17, 15) is 15.0 Å². The molecule has 0 aliphatic heterocycles. The molecule has 0 aliphatic carbocycles. The van der Waals surface area contributed by atoms with Gasteiger partial charge in [-0.25, -0.2) is 4.68 Å². The van der Waals surface area contributed by atoms with Crippen molar-refractivity contribution in [3.05, 3.63) is 46.5 Å². The van der Waals surface area contributed by atoms with E-state index in [0.29, 0.717) is 16.2 Å². The summed E-state index contributed by atoms with van der Waals surface area (Å²) in [6.07, 6.45) is 7.77. The number of phenolic OH excluding ortho intramolecular Hbond substituents is 1. The van der Waals surface area contributed by atoms with E-state index in [4.69, 9.17) is 11.6 Å². The number of carboxylic acids is 1. The highest BCUT2D eigenvalue weighted by Gasteiger charge is 2.26. The molecule has 0 bridgehead atoms. The summed E-state index contributed by atoms with van der Waals surface area (Å²) in [5, 5.41) is 30.0. The summed E-state index contributed by atoms with van der Waals surface area (Å²) in [7, 11) is 0. The Morgan fingerprint density at radius 2 is 1.79 bits per heavy atom. The van der Waals surface area contributed by atoms with Gasteiger partial charge in [0.25, 0.3) is 0 Å². The maximum Gasteiger partial charge on any atom is 0.303 e. The summed E-state index contributed by atoms with van der Waals surface area (Å²) in [6, 6.07) is 9.17. The second-order valence-corrected chi connectivity index (χ2v) is 10.6. The van der Waals surface area contributed by atoms with Crippen molar-refractivity contribution in [1.82, 2.24) is 15.0 Å². The third-order valence-corrected chi connectivity index (χ3v) is 6.59. The minimum Gasteiger partial charge on any atom is -0.505 e. The highest BCUT2D eigenvalue weighted by molar-refractivity contribution is 6.31. The van der Waals surface area contributed by atoms with Crippen molar-refractivity contribution in [1.29, 1.82) is 0 Å². The van der Waals surface area contributed by atoms with Crippen LogP contribution in [0.25, 0.3) is 16.7 Å². The van der Waals surface area contributed by atoms with Crippen molar-refractivity contribution in [3.63, 3.8) is 0 Å². The minimum atomic E-state index is -0.816. The molecule has 1 atom stereocenters. The number of aliphatic carboxylic acids is 1. The number of aromatic nitrogens is 3. The van der Waals surface area contributed by atoms with Crippen LogP contribution in [0.3, 0.4) is 0 Å². The van der Waals surface area contributed by atoms with Gasteiger partial charge in [-0.3, -0.25) is 4.79 Å². The first-order valence-electron chi connectivity index (χ1n) is 12.2. The van der Waals surface area contributed by atoms with Gasteiger partial charge in [0.15, 0.2) is 0 Å². The third kappa shape index (κ3) is 6.29. The van der Waals surface area contributed by atoms with Gasteiger partial charge < -0.3 is 10.2 Å². The Balaban J connectivity index is 2.03. The monoisotopic (exact) mass is 485 g/mol. The molecule has 0 saturated heterocycles. The van der Waals surface area contributed by atoms with E-state index in [1.807, 2.05) is 39.0 Å². The Kier molecular flexibility index (Phi) is 8.58. The molecule has 7 heteroatoms. The number of unbranched alkanes of at least 4 members (excludes halogenated alkanes) is 5. The molecule has 2 N–H and O–H groups in total. The first-order chi connectivity index (χ1) is 16.1. The molecule has 1 heterocycles. The zero-order chi connectivity index (χ0) is 24.9. The van der Waals surface area contributed by atoms with E-state index in [1.54, 1.807) is 16.8 Å². The van der Waals surface area contributed by atoms with Crippen LogP contribution in [-0.2, 0) is 10.2 Å². The SMILES string of the molecule is CCCCCCCCC(CC(=O)O)c1cc(-n2nnc3cc(Cl)ccc32)c(O)c(C(C)(C)C)c1. The van der Waals surface area contributed by atoms with E-state index in [1.165, 1.54) is 25.7 Å². The van der Waals surface area contributed by atoms with Crippen LogP contribution in [0, 0.1) is 0 Å². The normalized spacial score (nSPS) is 12.9. The molecule has 3 aromatic rings. The van der Waals surface area contributed by atoms with Crippen molar-refractivity contribution in [2.24, 2.45) is 0 Å². The van der Waals surface area contributed by atoms with Crippen LogP contribution in [0.4, 0.5) is 0 Å². The van der Waals surface area contributed by atoms with E-state index in [-0.39, 0.29) is 23.5 Å². The molecule has 2 aromatic carbocycles. The fourth-order valence-corrected chi connectivity index (χ4v) is 4.62. The molecule has 184 valence electrons. The van der Waals surface area contributed by atoms with Crippen LogP contribution in [0.2, 0.25) is 5.02 Å². The number of carbonyl (C=O) groups is 1. The summed E-state index contributed by atoms with van der Waals surface area (Å²) in [5.74, 6) is -0.830. The number of carboxylic acid groups (broad SMARTS) is 1. The van der Waals surface area contributed by atoms with Gasteiger partial charge in [-0.05, 0) is 47.6 Å². The molecule has 1 unspecified atom stereocenters. The molecule has 6 nitrogen and oxygen atoms in total. The summed E-state index contributed by atoms with van der Waals surface area (Å²) in [5.41, 5.74) is 3.18. The second-order valence-electron chi connectivity index (χ2n) is 10.2. The van der Waals surface area contributed by atoms with E-state index in [2.05, 4.69) is 17.2 Å². The van der Waals surface area contributed by atoms with Gasteiger partial charge in [0.1, 0.15) is 17.0 Å². The number of hydrogen-bond donors (Lipinski definition) is 2. The zero-order valence-corrected chi connectivity index (χ0v) is 21.4. The molecule has 3 rings (SSSR count). The van der Waals surface area contributed by atoms with Crippen LogP contribution in [0.15, 0.2) is 30.3 Å². The number of fused-ring (bicyclic) bond motifs is 1. The molecular formula is C27H36ClN3O3. The van der Waals surface area contributed by atoms with Crippen molar-refractivity contribution < 1.29 is 15.0 Å². The number of aromatic hydroxyl groups is 1. The quantitative estimate of drug-likeness (QED) is 0.276. The van der Waals surface area contributed by atoms with Crippen LogP contribution in [0.1, 0.15) is 96.1 Å². The van der Waals surface area contributed by atoms with Crippen molar-refractivity contribution in [3.8, 4) is 11.4 Å². The van der Waals surface area contributed by atoms with Crippen LogP contribution >= 0.6 is 11.6 Å². The molecule has 1 aromatic heterocycles. The summed E-state index contributed by atoms with van der Waals surface area (Å²) >= 11 is 6.11. The van der Waals surface area contributed by atoms with Gasteiger partial charge in [0.2, 0.25) is 0 Å². The summed E-state index contributed by atoms with van der Waals surface area (Å²) in [6.45, 7) is 8.31. The van der Waals surface area contributed by atoms with Gasteiger partial charge in [-0.1, -0.05) is 89.1 Å². The Morgan fingerprint density at radius 1 is 1.09 bits per heavy atom. The van der Waals surface area contributed by atoms with Crippen molar-refractivity contribution in [2.75, 3.05) is 0 Å². The zero-order valence-electron chi connectivity index (χ0n) is 20.6. The van der Waals surface area contributed by atoms with Crippen LogP contribution in [0.5, 0.6) is 5.75 Å². The lowest BCUT2D eigenvalue weighted by molar-refractivity contribution is -0.137. The highest BCUT2D eigenvalue weighted by Crippen LogP contribution is 2.40. The topological polar surface area (TPSA) is 88.2 Å². The highest BCUT2D eigenvalue weighted by atomic mass is 35.5. The lowest BCUT2D eigenvalue weighted by Gasteiger charge is -2.25. The molecule has 0 fully saturated rings. The predicted molar refractivity (Wildman–Crippen MR) is 137 cm³/mol. The Hall–Kier alpha value is -2.60. The first-order valence-corrected chi connectivity index (χ1v) is 12.6. The number of hydrogen-bond acceptors (Lipinski definition) is 4. The van der Waals surface area contributed by atoms with E-state index in [0.717, 1.165) is 35.9 Å². The largest absolute Gasteiger partial charge is 0.505 e. The second kappa shape index (κ2) is 11.2. The fraction of sp³-hybridized carbons (Fsp3) is 0.519. The van der Waals surface area contributed by atoms with Crippen LogP contribution < -0.4 is 0 Å². The smallest absolute Gasteiger partial charge is 0.303 e. The standard InChI is InChI=1S/C27H36ClN3O3/c1-5-6-7-8-9-10-11-18(16-25(32)33)19-14-21(27(2,3)4)26(34)24(15-19)31-23-13-12-20(28)17-22(23)29-30-31/h12-15,17-18,34H,5-11,16H2,1-4H3,(H,32,33). The summed E-state index contributed by atoms with van der Waals surface area (Å²) in [4.78, 5) is 11.7. The fourth-order valence-electron chi connectivity index (χ4n) is 4.45. The van der Waals surface area contributed by atoms with E-state index >= 15 is 0 Å².